The second kappa shape index (κ2) is 9.21. The van der Waals surface area contributed by atoms with Gasteiger partial charge in [-0.3, -0.25) is 24.1 Å². The predicted octanol–water partition coefficient (Wildman–Crippen LogP) is 1.21. The second-order valence-corrected chi connectivity index (χ2v) is 7.00. The molecule has 1 aliphatic heterocycles. The maximum absolute atomic E-state index is 12.2. The van der Waals surface area contributed by atoms with Gasteiger partial charge in [0.15, 0.2) is 6.61 Å². The van der Waals surface area contributed by atoms with Gasteiger partial charge in [0.05, 0.1) is 11.1 Å². The molecular formula is C22H23N3O5. The number of aryl methyl sites for hydroxylation is 2. The van der Waals surface area contributed by atoms with E-state index in [1.165, 1.54) is 0 Å². The lowest BCUT2D eigenvalue weighted by Crippen LogP contribution is -2.43. The minimum Gasteiger partial charge on any atom is -0.484 e. The molecular weight excluding hydrogens is 386 g/mol. The molecule has 0 atom stereocenters. The summed E-state index contributed by atoms with van der Waals surface area (Å²) in [6, 6.07) is 12.1. The zero-order valence-corrected chi connectivity index (χ0v) is 16.9. The smallest absolute Gasteiger partial charge is 0.262 e. The van der Waals surface area contributed by atoms with Crippen molar-refractivity contribution >= 4 is 23.6 Å². The second-order valence-electron chi connectivity index (χ2n) is 7.00. The number of nitrogens with one attached hydrogen (secondary N) is 2. The Kier molecular flexibility index (Phi) is 6.46. The van der Waals surface area contributed by atoms with Crippen LogP contribution in [0.1, 0.15) is 31.8 Å². The van der Waals surface area contributed by atoms with Gasteiger partial charge < -0.3 is 15.4 Å². The number of amides is 4. The SMILES string of the molecule is Cc1ccc(OCC(=O)NCCNC(=O)CN2C(=O)c3ccccc3C2=O)c(C)c1. The van der Waals surface area contributed by atoms with Gasteiger partial charge in [0, 0.05) is 13.1 Å². The molecule has 0 bridgehead atoms. The molecule has 0 aliphatic carbocycles. The minimum atomic E-state index is -0.484. The van der Waals surface area contributed by atoms with Gasteiger partial charge >= 0.3 is 0 Å². The van der Waals surface area contributed by atoms with Crippen LogP contribution in [0.3, 0.4) is 0 Å². The monoisotopic (exact) mass is 409 g/mol. The van der Waals surface area contributed by atoms with E-state index in [0.717, 1.165) is 16.0 Å². The van der Waals surface area contributed by atoms with Crippen molar-refractivity contribution in [2.45, 2.75) is 13.8 Å². The van der Waals surface area contributed by atoms with E-state index in [0.29, 0.717) is 16.9 Å². The molecule has 1 heterocycles. The molecule has 8 heteroatoms. The predicted molar refractivity (Wildman–Crippen MR) is 109 cm³/mol. The van der Waals surface area contributed by atoms with Crippen molar-refractivity contribution in [3.05, 3.63) is 64.7 Å². The Labute approximate surface area is 174 Å². The Bertz CT molecular complexity index is 967. The Morgan fingerprint density at radius 1 is 0.900 bits per heavy atom. The van der Waals surface area contributed by atoms with Crippen molar-refractivity contribution in [1.82, 2.24) is 15.5 Å². The van der Waals surface area contributed by atoms with E-state index >= 15 is 0 Å². The van der Waals surface area contributed by atoms with Crippen molar-refractivity contribution in [3.8, 4) is 5.75 Å². The maximum Gasteiger partial charge on any atom is 0.262 e. The lowest BCUT2D eigenvalue weighted by molar-refractivity contribution is -0.124. The van der Waals surface area contributed by atoms with E-state index in [1.807, 2.05) is 32.0 Å². The molecule has 2 aromatic rings. The zero-order chi connectivity index (χ0) is 21.7. The fourth-order valence-corrected chi connectivity index (χ4v) is 3.14. The van der Waals surface area contributed by atoms with Gasteiger partial charge in [-0.2, -0.15) is 0 Å². The largest absolute Gasteiger partial charge is 0.484 e. The normalized spacial score (nSPS) is 12.5. The molecule has 1 aliphatic rings. The first kappa shape index (κ1) is 21.0. The molecule has 0 unspecified atom stereocenters. The Morgan fingerprint density at radius 2 is 1.50 bits per heavy atom. The molecule has 30 heavy (non-hydrogen) atoms. The number of carbonyl (C=O) groups excluding carboxylic acids is 4. The van der Waals surface area contributed by atoms with Gasteiger partial charge in [-0.25, -0.2) is 0 Å². The van der Waals surface area contributed by atoms with Crippen LogP contribution in [0.15, 0.2) is 42.5 Å². The first-order valence-electron chi connectivity index (χ1n) is 9.55. The number of rotatable bonds is 8. The van der Waals surface area contributed by atoms with E-state index in [1.54, 1.807) is 24.3 Å². The summed E-state index contributed by atoms with van der Waals surface area (Å²) < 4.78 is 5.49. The van der Waals surface area contributed by atoms with E-state index in [-0.39, 0.29) is 32.1 Å². The highest BCUT2D eigenvalue weighted by atomic mass is 16.5. The fourth-order valence-electron chi connectivity index (χ4n) is 3.14. The summed E-state index contributed by atoms with van der Waals surface area (Å²) in [7, 11) is 0. The molecule has 0 radical (unpaired) electrons. The van der Waals surface area contributed by atoms with Crippen LogP contribution in [0.4, 0.5) is 0 Å². The first-order chi connectivity index (χ1) is 14.4. The number of benzene rings is 2. The summed E-state index contributed by atoms with van der Waals surface area (Å²) in [5.74, 6) is -1.12. The van der Waals surface area contributed by atoms with Gasteiger partial charge in [-0.1, -0.05) is 29.8 Å². The molecule has 3 rings (SSSR count). The third-order valence-corrected chi connectivity index (χ3v) is 4.64. The highest BCUT2D eigenvalue weighted by molar-refractivity contribution is 6.22. The standard InChI is InChI=1S/C22H23N3O5/c1-14-7-8-18(15(2)11-14)30-13-20(27)24-10-9-23-19(26)12-25-21(28)16-5-3-4-6-17(16)22(25)29/h3-8,11H,9-10,12-13H2,1-2H3,(H,23,26)(H,24,27). The zero-order valence-electron chi connectivity index (χ0n) is 16.9. The van der Waals surface area contributed by atoms with Gasteiger partial charge in [-0.05, 0) is 37.6 Å². The van der Waals surface area contributed by atoms with Crippen LogP contribution < -0.4 is 15.4 Å². The third kappa shape index (κ3) is 4.83. The van der Waals surface area contributed by atoms with Crippen LogP contribution in [0.2, 0.25) is 0 Å². The average molecular weight is 409 g/mol. The number of hydrogen-bond donors (Lipinski definition) is 2. The fraction of sp³-hybridized carbons (Fsp3) is 0.273. The van der Waals surface area contributed by atoms with Gasteiger partial charge in [0.1, 0.15) is 12.3 Å². The molecule has 0 saturated carbocycles. The molecule has 0 aromatic heterocycles. The Hall–Kier alpha value is -3.68. The highest BCUT2D eigenvalue weighted by Gasteiger charge is 2.36. The molecule has 2 aromatic carbocycles. The summed E-state index contributed by atoms with van der Waals surface area (Å²) >= 11 is 0. The van der Waals surface area contributed by atoms with E-state index in [9.17, 15) is 19.2 Å². The van der Waals surface area contributed by atoms with E-state index in [4.69, 9.17) is 4.74 Å². The lowest BCUT2D eigenvalue weighted by Gasteiger charge is -2.14. The van der Waals surface area contributed by atoms with Gasteiger partial charge in [-0.15, -0.1) is 0 Å². The van der Waals surface area contributed by atoms with E-state index < -0.39 is 17.7 Å². The number of imide groups is 1. The number of hydrogen-bond acceptors (Lipinski definition) is 5. The Balaban J connectivity index is 1.36. The molecule has 0 saturated heterocycles. The summed E-state index contributed by atoms with van der Waals surface area (Å²) in [6.07, 6.45) is 0. The van der Waals surface area contributed by atoms with Crippen LogP contribution in [0.5, 0.6) is 5.75 Å². The molecule has 0 spiro atoms. The highest BCUT2D eigenvalue weighted by Crippen LogP contribution is 2.22. The third-order valence-electron chi connectivity index (χ3n) is 4.64. The summed E-state index contributed by atoms with van der Waals surface area (Å²) in [5, 5.41) is 5.22. The minimum absolute atomic E-state index is 0.132. The topological polar surface area (TPSA) is 105 Å². The van der Waals surface area contributed by atoms with Crippen LogP contribution in [-0.2, 0) is 9.59 Å². The van der Waals surface area contributed by atoms with Crippen molar-refractivity contribution in [2.24, 2.45) is 0 Å². The van der Waals surface area contributed by atoms with Crippen LogP contribution in [0.25, 0.3) is 0 Å². The quantitative estimate of drug-likeness (QED) is 0.504. The number of fused-ring (bicyclic) bond motifs is 1. The number of carbonyl (C=O) groups is 4. The van der Waals surface area contributed by atoms with Gasteiger partial charge in [0.25, 0.3) is 17.7 Å². The van der Waals surface area contributed by atoms with Crippen molar-refractivity contribution < 1.29 is 23.9 Å². The summed E-state index contributed by atoms with van der Waals surface area (Å²) in [6.45, 7) is 3.75. The van der Waals surface area contributed by atoms with Gasteiger partial charge in [0.2, 0.25) is 5.91 Å². The molecule has 2 N–H and O–H groups in total. The van der Waals surface area contributed by atoms with Crippen LogP contribution in [-0.4, -0.2) is 54.8 Å². The van der Waals surface area contributed by atoms with Crippen molar-refractivity contribution in [1.29, 1.82) is 0 Å². The molecule has 0 fully saturated rings. The number of ether oxygens (including phenoxy) is 1. The van der Waals surface area contributed by atoms with Crippen LogP contribution >= 0.6 is 0 Å². The Morgan fingerprint density at radius 3 is 2.10 bits per heavy atom. The average Bonchev–Trinajstić information content (AvgIpc) is 2.96. The van der Waals surface area contributed by atoms with Crippen molar-refractivity contribution in [2.75, 3.05) is 26.2 Å². The first-order valence-corrected chi connectivity index (χ1v) is 9.55. The maximum atomic E-state index is 12.2. The van der Waals surface area contributed by atoms with Crippen LogP contribution in [0, 0.1) is 13.8 Å². The van der Waals surface area contributed by atoms with Crippen molar-refractivity contribution in [3.63, 3.8) is 0 Å². The molecule has 8 nitrogen and oxygen atoms in total. The summed E-state index contributed by atoms with van der Waals surface area (Å²) in [4.78, 5) is 49.4. The molecule has 4 amide bonds. The summed E-state index contributed by atoms with van der Waals surface area (Å²) in [5.41, 5.74) is 2.65. The lowest BCUT2D eigenvalue weighted by atomic mass is 10.1. The van der Waals surface area contributed by atoms with E-state index in [2.05, 4.69) is 10.6 Å². The molecule has 156 valence electrons. The number of nitrogens with zero attached hydrogens (tertiary/aromatic N) is 1.